The number of pyridine rings is 1. The monoisotopic (exact) mass is 352 g/mol. The van der Waals surface area contributed by atoms with Crippen LogP contribution in [0.3, 0.4) is 0 Å². The Labute approximate surface area is 153 Å². The van der Waals surface area contributed by atoms with Crippen LogP contribution >= 0.6 is 11.3 Å². The van der Waals surface area contributed by atoms with E-state index in [2.05, 4.69) is 49.7 Å². The minimum atomic E-state index is 0.257. The third-order valence-corrected chi connectivity index (χ3v) is 5.13. The lowest BCUT2D eigenvalue weighted by Crippen LogP contribution is -2.09. The Morgan fingerprint density at radius 3 is 2.60 bits per heavy atom. The van der Waals surface area contributed by atoms with E-state index < -0.39 is 0 Å². The fraction of sp³-hybridized carbons (Fsp3) is 0.286. The molecular weight excluding hydrogens is 328 g/mol. The van der Waals surface area contributed by atoms with E-state index in [0.717, 1.165) is 34.7 Å². The van der Waals surface area contributed by atoms with Crippen LogP contribution in [-0.2, 0) is 0 Å². The molecule has 3 nitrogen and oxygen atoms in total. The summed E-state index contributed by atoms with van der Waals surface area (Å²) in [5.41, 5.74) is 5.04. The number of rotatable bonds is 5. The van der Waals surface area contributed by atoms with Gasteiger partial charge in [0.25, 0.3) is 0 Å². The number of phenolic OH excluding ortho intramolecular Hbond substituents is 1. The number of aryl methyl sites for hydroxylation is 2. The lowest BCUT2D eigenvalue weighted by atomic mass is 10.0. The fourth-order valence-corrected chi connectivity index (χ4v) is 3.64. The Kier molecular flexibility index (Phi) is 5.09. The van der Waals surface area contributed by atoms with E-state index in [4.69, 9.17) is 4.98 Å². The van der Waals surface area contributed by atoms with Crippen LogP contribution in [0.15, 0.2) is 41.8 Å². The van der Waals surface area contributed by atoms with Crippen molar-refractivity contribution >= 4 is 17.2 Å². The summed E-state index contributed by atoms with van der Waals surface area (Å²) in [6, 6.07) is 11.9. The molecule has 25 heavy (non-hydrogen) atoms. The Balaban J connectivity index is 2.12. The van der Waals surface area contributed by atoms with Crippen LogP contribution < -0.4 is 5.32 Å². The third kappa shape index (κ3) is 4.02. The van der Waals surface area contributed by atoms with Crippen molar-refractivity contribution in [3.8, 4) is 27.4 Å². The summed E-state index contributed by atoms with van der Waals surface area (Å²) in [5.74, 6) is 1.63. The van der Waals surface area contributed by atoms with Crippen LogP contribution in [0.4, 0.5) is 5.82 Å². The van der Waals surface area contributed by atoms with Crippen LogP contribution in [-0.4, -0.2) is 16.6 Å². The third-order valence-electron chi connectivity index (χ3n) is 4.07. The summed E-state index contributed by atoms with van der Waals surface area (Å²) < 4.78 is 0. The van der Waals surface area contributed by atoms with Gasteiger partial charge < -0.3 is 10.4 Å². The highest BCUT2D eigenvalue weighted by atomic mass is 32.1. The first-order chi connectivity index (χ1) is 11.9. The standard InChI is InChI=1S/C21H24N2OS/c1-13(2)12-22-20-11-16(21-15(4)7-8-25-21)10-18(23-20)17-9-14(3)5-6-19(17)24/h5-11,13,24H,12H2,1-4H3,(H,22,23). The number of hydrogen-bond donors (Lipinski definition) is 2. The lowest BCUT2D eigenvalue weighted by Gasteiger charge is -2.13. The second-order valence-corrected chi connectivity index (χ2v) is 7.77. The van der Waals surface area contributed by atoms with Crippen LogP contribution in [0.5, 0.6) is 5.75 Å². The number of nitrogens with one attached hydrogen (secondary N) is 1. The molecule has 0 radical (unpaired) electrons. The molecule has 0 atom stereocenters. The van der Waals surface area contributed by atoms with Gasteiger partial charge in [-0.15, -0.1) is 11.3 Å². The molecule has 0 saturated carbocycles. The first-order valence-electron chi connectivity index (χ1n) is 8.54. The summed E-state index contributed by atoms with van der Waals surface area (Å²) in [7, 11) is 0. The van der Waals surface area contributed by atoms with Crippen LogP contribution in [0.25, 0.3) is 21.7 Å². The number of nitrogens with zero attached hydrogens (tertiary/aromatic N) is 1. The molecule has 0 bridgehead atoms. The predicted octanol–water partition coefficient (Wildman–Crippen LogP) is 5.87. The van der Waals surface area contributed by atoms with Crippen molar-refractivity contribution < 1.29 is 5.11 Å². The number of aromatic hydroxyl groups is 1. The molecule has 2 heterocycles. The molecule has 1 aromatic carbocycles. The molecule has 0 aliphatic rings. The molecule has 0 fully saturated rings. The maximum atomic E-state index is 10.3. The van der Waals surface area contributed by atoms with Gasteiger partial charge in [-0.2, -0.15) is 0 Å². The van der Waals surface area contributed by atoms with Crippen molar-refractivity contribution in [3.63, 3.8) is 0 Å². The summed E-state index contributed by atoms with van der Waals surface area (Å²) >= 11 is 1.73. The van der Waals surface area contributed by atoms with E-state index in [-0.39, 0.29) is 5.75 Å². The molecule has 3 rings (SSSR count). The number of aromatic nitrogens is 1. The van der Waals surface area contributed by atoms with Crippen LogP contribution in [0, 0.1) is 19.8 Å². The van der Waals surface area contributed by atoms with E-state index in [1.807, 2.05) is 19.1 Å². The van der Waals surface area contributed by atoms with E-state index in [1.54, 1.807) is 17.4 Å². The van der Waals surface area contributed by atoms with Gasteiger partial charge in [-0.25, -0.2) is 4.98 Å². The Morgan fingerprint density at radius 1 is 1.12 bits per heavy atom. The fourth-order valence-electron chi connectivity index (χ4n) is 2.72. The van der Waals surface area contributed by atoms with Crippen molar-refractivity contribution in [2.75, 3.05) is 11.9 Å². The first kappa shape index (κ1) is 17.5. The van der Waals surface area contributed by atoms with E-state index >= 15 is 0 Å². The quantitative estimate of drug-likeness (QED) is 0.604. The van der Waals surface area contributed by atoms with Gasteiger partial charge in [0.05, 0.1) is 5.69 Å². The highest BCUT2D eigenvalue weighted by molar-refractivity contribution is 7.13. The van der Waals surface area contributed by atoms with Crippen LogP contribution in [0.1, 0.15) is 25.0 Å². The van der Waals surface area contributed by atoms with E-state index in [0.29, 0.717) is 5.92 Å². The van der Waals surface area contributed by atoms with Gasteiger partial charge in [0.15, 0.2) is 0 Å². The molecule has 2 N–H and O–H groups in total. The number of hydrogen-bond acceptors (Lipinski definition) is 4. The molecule has 0 amide bonds. The molecule has 0 saturated heterocycles. The highest BCUT2D eigenvalue weighted by Gasteiger charge is 2.12. The average Bonchev–Trinajstić information content (AvgIpc) is 3.01. The zero-order chi connectivity index (χ0) is 18.0. The molecule has 2 aromatic heterocycles. The first-order valence-corrected chi connectivity index (χ1v) is 9.42. The molecule has 3 aromatic rings. The number of anilines is 1. The summed E-state index contributed by atoms with van der Waals surface area (Å²) in [6.07, 6.45) is 0. The minimum absolute atomic E-state index is 0.257. The average molecular weight is 353 g/mol. The molecule has 0 spiro atoms. The molecule has 0 unspecified atom stereocenters. The zero-order valence-electron chi connectivity index (χ0n) is 15.1. The summed E-state index contributed by atoms with van der Waals surface area (Å²) in [4.78, 5) is 5.99. The SMILES string of the molecule is Cc1ccc(O)c(-c2cc(-c3sccc3C)cc(NCC(C)C)n2)c1. The van der Waals surface area contributed by atoms with Crippen molar-refractivity contribution in [2.45, 2.75) is 27.7 Å². The topological polar surface area (TPSA) is 45.1 Å². The van der Waals surface area contributed by atoms with Crippen molar-refractivity contribution in [2.24, 2.45) is 5.92 Å². The van der Waals surface area contributed by atoms with Gasteiger partial charge in [-0.05, 0) is 66.6 Å². The number of benzene rings is 1. The molecule has 0 aliphatic heterocycles. The van der Waals surface area contributed by atoms with Gasteiger partial charge in [-0.3, -0.25) is 0 Å². The van der Waals surface area contributed by atoms with Crippen LogP contribution in [0.2, 0.25) is 0 Å². The molecule has 4 heteroatoms. The predicted molar refractivity (Wildman–Crippen MR) is 107 cm³/mol. The van der Waals surface area contributed by atoms with Crippen molar-refractivity contribution in [1.82, 2.24) is 4.98 Å². The molecule has 0 aliphatic carbocycles. The van der Waals surface area contributed by atoms with Gasteiger partial charge >= 0.3 is 0 Å². The smallest absolute Gasteiger partial charge is 0.127 e. The Hall–Kier alpha value is -2.33. The summed E-state index contributed by atoms with van der Waals surface area (Å²) in [6.45, 7) is 9.35. The maximum Gasteiger partial charge on any atom is 0.127 e. The highest BCUT2D eigenvalue weighted by Crippen LogP contribution is 2.36. The minimum Gasteiger partial charge on any atom is -0.507 e. The van der Waals surface area contributed by atoms with Crippen molar-refractivity contribution in [1.29, 1.82) is 0 Å². The second kappa shape index (κ2) is 7.28. The Bertz CT molecular complexity index is 883. The van der Waals surface area contributed by atoms with E-state index in [1.165, 1.54) is 10.4 Å². The van der Waals surface area contributed by atoms with Gasteiger partial charge in [0, 0.05) is 17.0 Å². The Morgan fingerprint density at radius 2 is 1.92 bits per heavy atom. The van der Waals surface area contributed by atoms with Gasteiger partial charge in [0.1, 0.15) is 11.6 Å². The number of thiophene rings is 1. The largest absolute Gasteiger partial charge is 0.507 e. The van der Waals surface area contributed by atoms with E-state index in [9.17, 15) is 5.11 Å². The molecular formula is C21H24N2OS. The lowest BCUT2D eigenvalue weighted by molar-refractivity contribution is 0.477. The number of phenols is 1. The van der Waals surface area contributed by atoms with Crippen molar-refractivity contribution in [3.05, 3.63) is 52.9 Å². The maximum absolute atomic E-state index is 10.3. The van der Waals surface area contributed by atoms with Gasteiger partial charge in [0.2, 0.25) is 0 Å². The normalized spacial score (nSPS) is 11.1. The summed E-state index contributed by atoms with van der Waals surface area (Å²) in [5, 5.41) is 15.8. The second-order valence-electron chi connectivity index (χ2n) is 6.85. The van der Waals surface area contributed by atoms with Gasteiger partial charge in [-0.1, -0.05) is 25.5 Å². The zero-order valence-corrected chi connectivity index (χ0v) is 15.9. The molecule has 130 valence electrons.